The smallest absolute Gasteiger partial charge is 0.186 e. The molecule has 1 saturated heterocycles. The van der Waals surface area contributed by atoms with Gasteiger partial charge < -0.3 is 14.0 Å². The lowest BCUT2D eigenvalue weighted by Crippen LogP contribution is -2.55. The topological polar surface area (TPSA) is 36.3 Å². The minimum atomic E-state index is -0.593. The molecule has 1 fully saturated rings. The van der Waals surface area contributed by atoms with E-state index in [2.05, 4.69) is 67.6 Å². The first-order valence-corrected chi connectivity index (χ1v) is 9.73. The van der Waals surface area contributed by atoms with Crippen LogP contribution in [0.3, 0.4) is 0 Å². The Bertz CT molecular complexity index is 647. The summed E-state index contributed by atoms with van der Waals surface area (Å²) < 4.78 is 15.1. The van der Waals surface area contributed by atoms with Crippen LogP contribution in [-0.4, -0.2) is 28.6 Å². The van der Waals surface area contributed by atoms with E-state index >= 15 is 0 Å². The van der Waals surface area contributed by atoms with Gasteiger partial charge in [0.05, 0.1) is 26.1 Å². The lowest BCUT2D eigenvalue weighted by molar-refractivity contribution is -0.325. The van der Waals surface area contributed by atoms with Gasteiger partial charge >= 0.3 is 0 Å². The lowest BCUT2D eigenvalue weighted by Gasteiger charge is -2.50. The van der Waals surface area contributed by atoms with Gasteiger partial charge in [-0.1, -0.05) is 58.0 Å². The number of benzene rings is 1. The van der Waals surface area contributed by atoms with E-state index in [1.54, 1.807) is 6.20 Å². The highest BCUT2D eigenvalue weighted by Gasteiger charge is 2.48. The second-order valence-electron chi connectivity index (χ2n) is 8.25. The van der Waals surface area contributed by atoms with Crippen LogP contribution in [0.2, 0.25) is 0 Å². The van der Waals surface area contributed by atoms with Gasteiger partial charge in [0, 0.05) is 24.2 Å². The van der Waals surface area contributed by atoms with E-state index in [0.29, 0.717) is 18.4 Å². The van der Waals surface area contributed by atoms with E-state index in [1.165, 1.54) is 5.56 Å². The second-order valence-corrected chi connectivity index (χ2v) is 8.25. The zero-order valence-corrected chi connectivity index (χ0v) is 16.5. The third kappa shape index (κ3) is 4.02. The Morgan fingerprint density at radius 1 is 1.04 bits per heavy atom. The largest absolute Gasteiger partial charge is 0.347 e. The van der Waals surface area contributed by atoms with Gasteiger partial charge in [0.1, 0.15) is 0 Å². The number of imidazole rings is 1. The zero-order valence-electron chi connectivity index (χ0n) is 16.5. The maximum Gasteiger partial charge on any atom is 0.186 e. The molecule has 0 atom stereocenters. The average molecular weight is 357 g/mol. The second kappa shape index (κ2) is 7.93. The molecule has 4 heteroatoms. The number of aryl methyl sites for hydroxylation is 1. The molecule has 1 aromatic heterocycles. The first-order valence-electron chi connectivity index (χ1n) is 9.73. The molecule has 3 rings (SSSR count). The Morgan fingerprint density at radius 2 is 1.69 bits per heavy atom. The summed E-state index contributed by atoms with van der Waals surface area (Å²) in [7, 11) is 0. The van der Waals surface area contributed by atoms with E-state index in [0.717, 1.165) is 26.1 Å². The van der Waals surface area contributed by atoms with E-state index in [4.69, 9.17) is 9.47 Å². The summed E-state index contributed by atoms with van der Waals surface area (Å²) >= 11 is 0. The van der Waals surface area contributed by atoms with Crippen molar-refractivity contribution in [3.8, 4) is 0 Å². The van der Waals surface area contributed by atoms with Crippen LogP contribution in [0, 0.1) is 17.3 Å². The summed E-state index contributed by atoms with van der Waals surface area (Å²) in [6.07, 6.45) is 7.39. The molecule has 2 aromatic rings. The third-order valence-corrected chi connectivity index (χ3v) is 6.13. The fourth-order valence-corrected chi connectivity index (χ4v) is 3.90. The summed E-state index contributed by atoms with van der Waals surface area (Å²) in [4.78, 5) is 4.17. The molecule has 0 N–H and O–H groups in total. The third-order valence-electron chi connectivity index (χ3n) is 6.13. The minimum Gasteiger partial charge on any atom is -0.347 e. The predicted molar refractivity (Wildman–Crippen MR) is 104 cm³/mol. The summed E-state index contributed by atoms with van der Waals surface area (Å²) in [5, 5.41) is 0. The summed E-state index contributed by atoms with van der Waals surface area (Å²) in [5.41, 5.74) is 1.39. The number of nitrogens with zero attached hydrogens (tertiary/aromatic N) is 2. The maximum absolute atomic E-state index is 6.53. The van der Waals surface area contributed by atoms with E-state index in [-0.39, 0.29) is 5.41 Å². The van der Waals surface area contributed by atoms with Crippen LogP contribution in [0.4, 0.5) is 0 Å². The van der Waals surface area contributed by atoms with Crippen LogP contribution in [0.5, 0.6) is 0 Å². The number of rotatable bonds is 7. The summed E-state index contributed by atoms with van der Waals surface area (Å²) in [5.74, 6) is 0.440. The van der Waals surface area contributed by atoms with Crippen LogP contribution in [0.15, 0.2) is 49.1 Å². The number of aromatic nitrogens is 2. The molecule has 1 aliphatic heterocycles. The molecular formula is C22H32N2O2. The Kier molecular flexibility index (Phi) is 5.83. The van der Waals surface area contributed by atoms with E-state index < -0.39 is 5.79 Å². The zero-order chi connectivity index (χ0) is 18.6. The normalized spacial score (nSPS) is 19.2. The van der Waals surface area contributed by atoms with Crippen molar-refractivity contribution in [3.63, 3.8) is 0 Å². The molecule has 2 heterocycles. The number of ether oxygens (including phenoxy) is 2. The lowest BCUT2D eigenvalue weighted by atomic mass is 9.69. The van der Waals surface area contributed by atoms with Crippen LogP contribution < -0.4 is 0 Å². The fraction of sp³-hybridized carbons (Fsp3) is 0.591. The quantitative estimate of drug-likeness (QED) is 0.730. The highest BCUT2D eigenvalue weighted by molar-refractivity contribution is 5.15. The highest BCUT2D eigenvalue weighted by Crippen LogP contribution is 2.43. The molecule has 26 heavy (non-hydrogen) atoms. The van der Waals surface area contributed by atoms with Gasteiger partial charge in [-0.3, -0.25) is 0 Å². The number of hydrogen-bond acceptors (Lipinski definition) is 3. The monoisotopic (exact) mass is 356 g/mol. The Morgan fingerprint density at radius 3 is 2.23 bits per heavy atom. The number of hydrogen-bond donors (Lipinski definition) is 0. The SMILES string of the molecule is CC(C)C1(C(C)C)COC(CCc2ccccc2)(Cn2ccnc2)OC1. The Labute approximate surface area is 157 Å². The molecule has 1 aliphatic rings. The van der Waals surface area contributed by atoms with Gasteiger partial charge in [0.15, 0.2) is 5.79 Å². The minimum absolute atomic E-state index is 0.0746. The Hall–Kier alpha value is -1.65. The van der Waals surface area contributed by atoms with E-state index in [1.807, 2.05) is 12.5 Å². The molecule has 0 aliphatic carbocycles. The van der Waals surface area contributed by atoms with Crippen LogP contribution in [0.25, 0.3) is 0 Å². The predicted octanol–water partition coefficient (Wildman–Crippen LogP) is 4.56. The van der Waals surface area contributed by atoms with Gasteiger partial charge in [-0.15, -0.1) is 0 Å². The van der Waals surface area contributed by atoms with Gasteiger partial charge in [-0.25, -0.2) is 4.98 Å². The van der Waals surface area contributed by atoms with Crippen molar-refractivity contribution in [1.29, 1.82) is 0 Å². The average Bonchev–Trinajstić information content (AvgIpc) is 3.14. The van der Waals surface area contributed by atoms with Crippen LogP contribution in [0.1, 0.15) is 39.7 Å². The van der Waals surface area contributed by atoms with Gasteiger partial charge in [-0.05, 0) is 23.8 Å². The van der Waals surface area contributed by atoms with Gasteiger partial charge in [-0.2, -0.15) is 0 Å². The molecule has 1 aromatic carbocycles. The van der Waals surface area contributed by atoms with Crippen LogP contribution >= 0.6 is 0 Å². The summed E-state index contributed by atoms with van der Waals surface area (Å²) in [6.45, 7) is 11.3. The fourth-order valence-electron chi connectivity index (χ4n) is 3.90. The standard InChI is InChI=1S/C22H32N2O2/c1-18(2)21(19(3)4)15-25-22(26-16-21,14-24-13-12-23-17-24)11-10-20-8-6-5-7-9-20/h5-9,12-13,17-19H,10-11,14-16H2,1-4H3. The summed E-state index contributed by atoms with van der Waals surface area (Å²) in [6, 6.07) is 10.6. The van der Waals surface area contributed by atoms with Crippen molar-refractivity contribution in [2.45, 2.75) is 52.9 Å². The highest BCUT2D eigenvalue weighted by atomic mass is 16.7. The molecule has 0 bridgehead atoms. The van der Waals surface area contributed by atoms with Crippen molar-refractivity contribution in [3.05, 3.63) is 54.6 Å². The molecule has 0 unspecified atom stereocenters. The molecular weight excluding hydrogens is 324 g/mol. The first-order chi connectivity index (χ1) is 12.5. The molecule has 0 radical (unpaired) electrons. The maximum atomic E-state index is 6.53. The van der Waals surface area contributed by atoms with Crippen molar-refractivity contribution >= 4 is 0 Å². The van der Waals surface area contributed by atoms with Gasteiger partial charge in [0.2, 0.25) is 0 Å². The van der Waals surface area contributed by atoms with Crippen molar-refractivity contribution in [2.24, 2.45) is 17.3 Å². The molecule has 0 amide bonds. The van der Waals surface area contributed by atoms with Crippen molar-refractivity contribution in [1.82, 2.24) is 9.55 Å². The van der Waals surface area contributed by atoms with Gasteiger partial charge in [0.25, 0.3) is 0 Å². The molecule has 4 nitrogen and oxygen atoms in total. The molecule has 142 valence electrons. The molecule has 0 spiro atoms. The first kappa shape index (κ1) is 19.1. The van der Waals surface area contributed by atoms with E-state index in [9.17, 15) is 0 Å². The van der Waals surface area contributed by atoms with Crippen molar-refractivity contribution < 1.29 is 9.47 Å². The van der Waals surface area contributed by atoms with Crippen molar-refractivity contribution in [2.75, 3.05) is 13.2 Å². The van der Waals surface area contributed by atoms with Crippen LogP contribution in [-0.2, 0) is 22.4 Å². The Balaban J connectivity index is 1.76. The molecule has 0 saturated carbocycles.